The Morgan fingerprint density at radius 1 is 0.862 bits per heavy atom. The number of rotatable bonds is 1. The van der Waals surface area contributed by atoms with Crippen molar-refractivity contribution in [1.82, 2.24) is 5.16 Å². The highest BCUT2D eigenvalue weighted by Gasteiger charge is 2.72. The minimum Gasteiger partial charge on any atom is -0.360 e. The molecule has 2 aromatic carbocycles. The molecule has 2 unspecified atom stereocenters. The third-order valence-corrected chi connectivity index (χ3v) is 9.13. The van der Waals surface area contributed by atoms with Crippen LogP contribution in [0.2, 0.25) is 0 Å². The van der Waals surface area contributed by atoms with Gasteiger partial charge in [-0.2, -0.15) is 0 Å². The quantitative estimate of drug-likeness (QED) is 0.357. The van der Waals surface area contributed by atoms with E-state index in [1.807, 2.05) is 48.5 Å². The van der Waals surface area contributed by atoms with E-state index in [0.29, 0.717) is 5.76 Å². The zero-order valence-corrected chi connectivity index (χ0v) is 18.4. The Hall–Kier alpha value is -2.25. The molecule has 2 atom stereocenters. The fraction of sp³-hybridized carbons (Fsp3) is 0.227. The van der Waals surface area contributed by atoms with E-state index in [-0.39, 0.29) is 17.6 Å². The molecule has 5 nitrogen and oxygen atoms in total. The number of nitrogens with zero attached hydrogens (tertiary/aromatic N) is 2. The number of hydrogen-bond acceptors (Lipinski definition) is 4. The SMILES string of the molecule is Cc1cc(N2C(=O)C3C(C2=O)C2(Br)c4ccccc4C3(Br)c3ccccc32)no1. The maximum Gasteiger partial charge on any atom is 0.241 e. The van der Waals surface area contributed by atoms with Crippen LogP contribution in [0.5, 0.6) is 0 Å². The molecule has 144 valence electrons. The monoisotopic (exact) mass is 512 g/mol. The highest BCUT2D eigenvalue weighted by molar-refractivity contribution is 9.10. The summed E-state index contributed by atoms with van der Waals surface area (Å²) in [5.41, 5.74) is 4.04. The molecule has 0 saturated carbocycles. The van der Waals surface area contributed by atoms with Gasteiger partial charge in [0.25, 0.3) is 0 Å². The molecule has 1 aliphatic heterocycles. The molecule has 3 aliphatic carbocycles. The third-order valence-electron chi connectivity index (χ3n) is 6.43. The van der Waals surface area contributed by atoms with Gasteiger partial charge < -0.3 is 4.52 Å². The Balaban J connectivity index is 1.68. The van der Waals surface area contributed by atoms with E-state index in [9.17, 15) is 9.59 Å². The minimum atomic E-state index is -0.791. The molecule has 1 fully saturated rings. The second-order valence-corrected chi connectivity index (χ2v) is 10.3. The predicted molar refractivity (Wildman–Crippen MR) is 113 cm³/mol. The average Bonchev–Trinajstić information content (AvgIpc) is 3.26. The lowest BCUT2D eigenvalue weighted by atomic mass is 9.54. The lowest BCUT2D eigenvalue weighted by Gasteiger charge is -2.55. The van der Waals surface area contributed by atoms with Crippen LogP contribution in [0.4, 0.5) is 5.82 Å². The molecule has 4 aliphatic rings. The van der Waals surface area contributed by atoms with Gasteiger partial charge in [-0.15, -0.1) is 0 Å². The second-order valence-electron chi connectivity index (χ2n) is 7.78. The van der Waals surface area contributed by atoms with Gasteiger partial charge in [0.15, 0.2) is 5.82 Å². The van der Waals surface area contributed by atoms with Crippen LogP contribution in [0.15, 0.2) is 59.1 Å². The first kappa shape index (κ1) is 17.6. The lowest BCUT2D eigenvalue weighted by Crippen LogP contribution is -2.56. The van der Waals surface area contributed by atoms with Gasteiger partial charge in [-0.1, -0.05) is 85.5 Å². The van der Waals surface area contributed by atoms with Gasteiger partial charge in [-0.3, -0.25) is 9.59 Å². The smallest absolute Gasteiger partial charge is 0.241 e. The van der Waals surface area contributed by atoms with Gasteiger partial charge in [-0.05, 0) is 29.2 Å². The van der Waals surface area contributed by atoms with Crippen molar-refractivity contribution in [3.05, 3.63) is 82.6 Å². The summed E-state index contributed by atoms with van der Waals surface area (Å²) in [6.45, 7) is 1.74. The Morgan fingerprint density at radius 3 is 1.62 bits per heavy atom. The Kier molecular flexibility index (Phi) is 3.31. The molecule has 0 radical (unpaired) electrons. The first-order chi connectivity index (χ1) is 13.9. The number of aromatic nitrogens is 1. The Bertz CT molecular complexity index is 1110. The van der Waals surface area contributed by atoms with E-state index in [1.165, 1.54) is 4.90 Å². The zero-order valence-electron chi connectivity index (χ0n) is 15.2. The van der Waals surface area contributed by atoms with Gasteiger partial charge in [0.1, 0.15) is 5.76 Å². The topological polar surface area (TPSA) is 63.4 Å². The van der Waals surface area contributed by atoms with E-state index in [0.717, 1.165) is 22.3 Å². The molecule has 1 aromatic heterocycles. The van der Waals surface area contributed by atoms with Crippen molar-refractivity contribution in [2.24, 2.45) is 11.8 Å². The number of imide groups is 1. The van der Waals surface area contributed by atoms with Gasteiger partial charge >= 0.3 is 0 Å². The number of carbonyl (C=O) groups is 2. The zero-order chi connectivity index (χ0) is 20.1. The summed E-state index contributed by atoms with van der Waals surface area (Å²) in [6.07, 6.45) is 0. The molecular formula is C22H14Br2N2O3. The van der Waals surface area contributed by atoms with Gasteiger partial charge in [-0.25, -0.2) is 4.90 Å². The lowest BCUT2D eigenvalue weighted by molar-refractivity contribution is -0.122. The van der Waals surface area contributed by atoms with Crippen LogP contribution in [0.3, 0.4) is 0 Å². The van der Waals surface area contributed by atoms with Crippen LogP contribution in [0.25, 0.3) is 0 Å². The molecule has 1 saturated heterocycles. The second kappa shape index (κ2) is 5.46. The van der Waals surface area contributed by atoms with Crippen molar-refractivity contribution in [2.45, 2.75) is 15.6 Å². The molecule has 7 heteroatoms. The van der Waals surface area contributed by atoms with Crippen molar-refractivity contribution in [1.29, 1.82) is 0 Å². The van der Waals surface area contributed by atoms with Crippen molar-refractivity contribution >= 4 is 49.5 Å². The number of benzene rings is 2. The van der Waals surface area contributed by atoms with E-state index < -0.39 is 20.5 Å². The van der Waals surface area contributed by atoms with Crippen molar-refractivity contribution in [3.8, 4) is 0 Å². The number of amides is 2. The molecule has 2 amide bonds. The maximum absolute atomic E-state index is 13.7. The highest BCUT2D eigenvalue weighted by Crippen LogP contribution is 2.70. The predicted octanol–water partition coefficient (Wildman–Crippen LogP) is 4.39. The van der Waals surface area contributed by atoms with E-state index in [4.69, 9.17) is 4.52 Å². The number of hydrogen-bond donors (Lipinski definition) is 0. The molecule has 0 N–H and O–H groups in total. The molecule has 2 bridgehead atoms. The number of anilines is 1. The average molecular weight is 514 g/mol. The van der Waals surface area contributed by atoms with E-state index in [1.54, 1.807) is 13.0 Å². The molecule has 29 heavy (non-hydrogen) atoms. The van der Waals surface area contributed by atoms with Crippen molar-refractivity contribution in [3.63, 3.8) is 0 Å². The van der Waals surface area contributed by atoms with Gasteiger partial charge in [0.05, 0.1) is 20.5 Å². The molecular weight excluding hydrogens is 500 g/mol. The van der Waals surface area contributed by atoms with Crippen molar-refractivity contribution in [2.75, 3.05) is 4.90 Å². The normalized spacial score (nSPS) is 31.6. The summed E-state index contributed by atoms with van der Waals surface area (Å²) >= 11 is 7.94. The van der Waals surface area contributed by atoms with Crippen LogP contribution < -0.4 is 4.90 Å². The summed E-state index contributed by atoms with van der Waals surface area (Å²) in [7, 11) is 0. The van der Waals surface area contributed by atoms with Crippen LogP contribution >= 0.6 is 31.9 Å². The van der Waals surface area contributed by atoms with E-state index in [2.05, 4.69) is 37.0 Å². The molecule has 3 aromatic rings. The van der Waals surface area contributed by atoms with Crippen LogP contribution in [0, 0.1) is 18.8 Å². The fourth-order valence-electron chi connectivity index (χ4n) is 5.35. The first-order valence-corrected chi connectivity index (χ1v) is 10.9. The third kappa shape index (κ3) is 1.84. The van der Waals surface area contributed by atoms with Gasteiger partial charge in [0.2, 0.25) is 11.8 Å². The number of carbonyl (C=O) groups excluding carboxylic acids is 2. The molecule has 7 rings (SSSR count). The van der Waals surface area contributed by atoms with Crippen LogP contribution in [0.1, 0.15) is 28.0 Å². The number of halogens is 2. The Morgan fingerprint density at radius 2 is 1.28 bits per heavy atom. The summed E-state index contributed by atoms with van der Waals surface area (Å²) in [6, 6.07) is 17.6. The number of alkyl halides is 2. The summed E-state index contributed by atoms with van der Waals surface area (Å²) in [5, 5.41) is 3.95. The maximum atomic E-state index is 13.7. The van der Waals surface area contributed by atoms with Crippen LogP contribution in [-0.2, 0) is 18.2 Å². The number of aryl methyl sites for hydroxylation is 1. The standard InChI is InChI=1S/C22H14Br2N2O3/c1-11-10-16(25-29-11)26-19(27)17-18(20(26)28)22(24)13-7-3-2-6-12(13)21(17,23)14-8-4-5-9-15(14)22/h2-10,17-18H,1H3. The Labute approximate surface area is 183 Å². The molecule has 2 heterocycles. The largest absolute Gasteiger partial charge is 0.360 e. The first-order valence-electron chi connectivity index (χ1n) is 9.29. The highest BCUT2D eigenvalue weighted by atomic mass is 79.9. The molecule has 0 spiro atoms. The summed E-state index contributed by atoms with van der Waals surface area (Å²) in [4.78, 5) is 28.6. The van der Waals surface area contributed by atoms with E-state index >= 15 is 0 Å². The van der Waals surface area contributed by atoms with Crippen molar-refractivity contribution < 1.29 is 14.1 Å². The summed E-state index contributed by atoms with van der Waals surface area (Å²) < 4.78 is 3.57. The fourth-order valence-corrected chi connectivity index (χ4v) is 7.65. The summed E-state index contributed by atoms with van der Waals surface area (Å²) in [5.74, 6) is -0.942. The minimum absolute atomic E-state index is 0.242. The van der Waals surface area contributed by atoms with Gasteiger partial charge in [0, 0.05) is 6.07 Å². The van der Waals surface area contributed by atoms with Crippen LogP contribution in [-0.4, -0.2) is 17.0 Å².